The lowest BCUT2D eigenvalue weighted by Gasteiger charge is -2.21. The van der Waals surface area contributed by atoms with Gasteiger partial charge in [0.25, 0.3) is 0 Å². The van der Waals surface area contributed by atoms with Gasteiger partial charge in [-0.1, -0.05) is 36.7 Å². The maximum atomic E-state index is 12.1. The molecule has 118 valence electrons. The first-order chi connectivity index (χ1) is 10.6. The monoisotopic (exact) mass is 321 g/mol. The molecule has 7 heteroatoms. The van der Waals surface area contributed by atoms with E-state index >= 15 is 0 Å². The molecular weight excluding hydrogens is 302 g/mol. The van der Waals surface area contributed by atoms with Crippen molar-refractivity contribution in [2.45, 2.75) is 26.4 Å². The van der Waals surface area contributed by atoms with Crippen LogP contribution in [0.2, 0.25) is 5.02 Å². The van der Waals surface area contributed by atoms with Crippen molar-refractivity contribution in [2.24, 2.45) is 0 Å². The van der Waals surface area contributed by atoms with Crippen LogP contribution in [0.4, 0.5) is 0 Å². The highest BCUT2D eigenvalue weighted by Crippen LogP contribution is 2.16. The van der Waals surface area contributed by atoms with Crippen LogP contribution in [-0.2, 0) is 11.3 Å². The molecule has 2 aromatic rings. The molecule has 0 bridgehead atoms. The number of halogens is 1. The summed E-state index contributed by atoms with van der Waals surface area (Å²) in [7, 11) is 0. The fourth-order valence-corrected chi connectivity index (χ4v) is 2.32. The van der Waals surface area contributed by atoms with E-state index in [9.17, 15) is 4.79 Å². The average molecular weight is 322 g/mol. The summed E-state index contributed by atoms with van der Waals surface area (Å²) in [4.78, 5) is 18.2. The first-order valence-electron chi connectivity index (χ1n) is 7.20. The Morgan fingerprint density at radius 3 is 2.86 bits per heavy atom. The van der Waals surface area contributed by atoms with Crippen molar-refractivity contribution in [3.63, 3.8) is 0 Å². The molecule has 1 amide bonds. The summed E-state index contributed by atoms with van der Waals surface area (Å²) in [6.07, 6.45) is 1.42. The molecule has 0 saturated carbocycles. The van der Waals surface area contributed by atoms with Crippen LogP contribution in [0.15, 0.2) is 30.6 Å². The number of nitrogens with one attached hydrogen (secondary N) is 2. The fraction of sp³-hybridized carbons (Fsp3) is 0.400. The largest absolute Gasteiger partial charge is 0.345 e. The molecule has 2 N–H and O–H groups in total. The Hall–Kier alpha value is -1.92. The molecule has 0 aliphatic carbocycles. The lowest BCUT2D eigenvalue weighted by molar-refractivity contribution is -0.123. The average Bonchev–Trinajstić information content (AvgIpc) is 3.03. The van der Waals surface area contributed by atoms with Gasteiger partial charge >= 0.3 is 0 Å². The van der Waals surface area contributed by atoms with E-state index < -0.39 is 0 Å². The number of aromatic nitrogens is 3. The summed E-state index contributed by atoms with van der Waals surface area (Å²) < 4.78 is 0. The Morgan fingerprint density at radius 2 is 2.23 bits per heavy atom. The summed E-state index contributed by atoms with van der Waals surface area (Å²) in [5.74, 6) is 0.584. The standard InChI is InChI=1S/C15H20ClN5O/c1-3-21(8-12-6-4-5-7-13(12)16)9-14(22)19-11(2)15-17-10-18-20-15/h4-7,10-11H,3,8-9H2,1-2H3,(H,19,22)(H,17,18,20). The van der Waals surface area contributed by atoms with E-state index in [0.29, 0.717) is 18.9 Å². The Kier molecular flexibility index (Phi) is 5.91. The zero-order valence-corrected chi connectivity index (χ0v) is 13.5. The van der Waals surface area contributed by atoms with E-state index in [1.807, 2.05) is 43.0 Å². The molecule has 6 nitrogen and oxygen atoms in total. The topological polar surface area (TPSA) is 73.9 Å². The fourth-order valence-electron chi connectivity index (χ4n) is 2.13. The molecule has 1 unspecified atom stereocenters. The molecule has 0 spiro atoms. The summed E-state index contributed by atoms with van der Waals surface area (Å²) >= 11 is 6.17. The van der Waals surface area contributed by atoms with Gasteiger partial charge in [-0.05, 0) is 25.1 Å². The van der Waals surface area contributed by atoms with E-state index in [0.717, 1.165) is 17.1 Å². The predicted molar refractivity (Wildman–Crippen MR) is 85.3 cm³/mol. The number of nitrogens with zero attached hydrogens (tertiary/aromatic N) is 3. The van der Waals surface area contributed by atoms with E-state index in [-0.39, 0.29) is 11.9 Å². The van der Waals surface area contributed by atoms with Gasteiger partial charge in [0.1, 0.15) is 12.2 Å². The van der Waals surface area contributed by atoms with Crippen LogP contribution in [0.3, 0.4) is 0 Å². The number of benzene rings is 1. The van der Waals surface area contributed by atoms with Gasteiger partial charge < -0.3 is 5.32 Å². The minimum atomic E-state index is -0.200. The maximum Gasteiger partial charge on any atom is 0.234 e. The summed E-state index contributed by atoms with van der Waals surface area (Å²) in [5.41, 5.74) is 1.02. The van der Waals surface area contributed by atoms with E-state index in [1.54, 1.807) is 0 Å². The Morgan fingerprint density at radius 1 is 1.45 bits per heavy atom. The van der Waals surface area contributed by atoms with Gasteiger partial charge in [-0.25, -0.2) is 4.98 Å². The molecule has 0 aliphatic heterocycles. The van der Waals surface area contributed by atoms with Crippen LogP contribution < -0.4 is 5.32 Å². The van der Waals surface area contributed by atoms with Crippen molar-refractivity contribution in [3.8, 4) is 0 Å². The lowest BCUT2D eigenvalue weighted by Crippen LogP contribution is -2.38. The second-order valence-electron chi connectivity index (χ2n) is 5.05. The SMILES string of the molecule is CCN(CC(=O)NC(C)c1ncn[nH]1)Cc1ccccc1Cl. The van der Waals surface area contributed by atoms with Crippen molar-refractivity contribution in [2.75, 3.05) is 13.1 Å². The maximum absolute atomic E-state index is 12.1. The van der Waals surface area contributed by atoms with Crippen LogP contribution in [0.1, 0.15) is 31.3 Å². The zero-order valence-electron chi connectivity index (χ0n) is 12.7. The molecule has 22 heavy (non-hydrogen) atoms. The molecule has 1 atom stereocenters. The van der Waals surface area contributed by atoms with Crippen LogP contribution in [0.5, 0.6) is 0 Å². The summed E-state index contributed by atoms with van der Waals surface area (Å²) in [6, 6.07) is 7.47. The second kappa shape index (κ2) is 7.91. The van der Waals surface area contributed by atoms with Crippen molar-refractivity contribution < 1.29 is 4.79 Å². The predicted octanol–water partition coefficient (Wildman–Crippen LogP) is 2.16. The van der Waals surface area contributed by atoms with Crippen molar-refractivity contribution in [1.29, 1.82) is 0 Å². The number of hydrogen-bond donors (Lipinski definition) is 2. The van der Waals surface area contributed by atoms with Crippen molar-refractivity contribution in [1.82, 2.24) is 25.4 Å². The van der Waals surface area contributed by atoms with E-state index in [4.69, 9.17) is 11.6 Å². The second-order valence-corrected chi connectivity index (χ2v) is 5.46. The van der Waals surface area contributed by atoms with Gasteiger partial charge in [-0.3, -0.25) is 14.8 Å². The van der Waals surface area contributed by atoms with Gasteiger partial charge in [0.2, 0.25) is 5.91 Å². The van der Waals surface area contributed by atoms with Crippen LogP contribution >= 0.6 is 11.6 Å². The van der Waals surface area contributed by atoms with Crippen molar-refractivity contribution >= 4 is 17.5 Å². The quantitative estimate of drug-likeness (QED) is 0.819. The normalized spacial score (nSPS) is 12.4. The molecule has 0 aliphatic rings. The third-order valence-electron chi connectivity index (χ3n) is 3.39. The summed E-state index contributed by atoms with van der Waals surface area (Å²) in [6.45, 7) is 5.59. The first-order valence-corrected chi connectivity index (χ1v) is 7.58. The number of hydrogen-bond acceptors (Lipinski definition) is 4. The number of amides is 1. The smallest absolute Gasteiger partial charge is 0.234 e. The number of H-pyrrole nitrogens is 1. The van der Waals surface area contributed by atoms with Crippen molar-refractivity contribution in [3.05, 3.63) is 47.0 Å². The highest BCUT2D eigenvalue weighted by atomic mass is 35.5. The summed E-state index contributed by atoms with van der Waals surface area (Å²) in [5, 5.41) is 10.1. The number of aromatic amines is 1. The van der Waals surface area contributed by atoms with Crippen LogP contribution in [0.25, 0.3) is 0 Å². The minimum Gasteiger partial charge on any atom is -0.345 e. The molecule has 1 aromatic heterocycles. The molecule has 1 heterocycles. The van der Waals surface area contributed by atoms with Gasteiger partial charge in [0.05, 0.1) is 12.6 Å². The minimum absolute atomic E-state index is 0.0576. The zero-order chi connectivity index (χ0) is 15.9. The van der Waals surface area contributed by atoms with Crippen LogP contribution in [-0.4, -0.2) is 39.1 Å². The Bertz CT molecular complexity index is 602. The molecule has 0 fully saturated rings. The molecule has 1 aromatic carbocycles. The van der Waals surface area contributed by atoms with E-state index in [1.165, 1.54) is 6.33 Å². The van der Waals surface area contributed by atoms with Gasteiger partial charge in [0, 0.05) is 11.6 Å². The highest BCUT2D eigenvalue weighted by Gasteiger charge is 2.15. The van der Waals surface area contributed by atoms with Crippen LogP contribution in [0, 0.1) is 0 Å². The third kappa shape index (κ3) is 4.54. The molecule has 0 saturated heterocycles. The van der Waals surface area contributed by atoms with E-state index in [2.05, 4.69) is 20.5 Å². The lowest BCUT2D eigenvalue weighted by atomic mass is 10.2. The molecule has 2 rings (SSSR count). The van der Waals surface area contributed by atoms with Gasteiger partial charge in [-0.15, -0.1) is 0 Å². The number of carbonyl (C=O) groups is 1. The number of likely N-dealkylation sites (N-methyl/N-ethyl adjacent to an activating group) is 1. The number of rotatable bonds is 7. The number of carbonyl (C=O) groups excluding carboxylic acids is 1. The molecule has 0 radical (unpaired) electrons. The van der Waals surface area contributed by atoms with Gasteiger partial charge in [-0.2, -0.15) is 5.10 Å². The van der Waals surface area contributed by atoms with Gasteiger partial charge in [0.15, 0.2) is 0 Å². The Labute approximate surface area is 134 Å². The first kappa shape index (κ1) is 16.5. The third-order valence-corrected chi connectivity index (χ3v) is 3.76. The molecular formula is C15H20ClN5O. The Balaban J connectivity index is 1.89. The highest BCUT2D eigenvalue weighted by molar-refractivity contribution is 6.31.